The van der Waals surface area contributed by atoms with Crippen LogP contribution in [0.1, 0.15) is 33.5 Å². The maximum Gasteiger partial charge on any atom is 0.307 e. The number of fused-ring (bicyclic) bond motifs is 1. The van der Waals surface area contributed by atoms with Crippen molar-refractivity contribution in [3.05, 3.63) is 64.7 Å². The highest BCUT2D eigenvalue weighted by Gasteiger charge is 2.14. The van der Waals surface area contributed by atoms with Crippen LogP contribution in [0.5, 0.6) is 0 Å². The van der Waals surface area contributed by atoms with Crippen molar-refractivity contribution in [1.29, 1.82) is 0 Å². The van der Waals surface area contributed by atoms with Crippen LogP contribution in [-0.2, 0) is 24.1 Å². The summed E-state index contributed by atoms with van der Waals surface area (Å²) in [7, 11) is 0. The van der Waals surface area contributed by atoms with Gasteiger partial charge in [-0.2, -0.15) is 0 Å². The fraction of sp³-hybridized carbons (Fsp3) is 0.222. The van der Waals surface area contributed by atoms with Crippen molar-refractivity contribution in [3.63, 3.8) is 0 Å². The molecule has 4 heteroatoms. The summed E-state index contributed by atoms with van der Waals surface area (Å²) < 4.78 is 0. The van der Waals surface area contributed by atoms with Gasteiger partial charge in [0.25, 0.3) is 5.91 Å². The van der Waals surface area contributed by atoms with Crippen molar-refractivity contribution in [1.82, 2.24) is 0 Å². The third kappa shape index (κ3) is 3.17. The van der Waals surface area contributed by atoms with Gasteiger partial charge in [0.2, 0.25) is 0 Å². The summed E-state index contributed by atoms with van der Waals surface area (Å²) in [5, 5.41) is 11.6. The molecule has 1 aliphatic rings. The number of carbonyl (C=O) groups excluding carboxylic acids is 1. The van der Waals surface area contributed by atoms with E-state index in [1.165, 1.54) is 11.1 Å². The van der Waals surface area contributed by atoms with Crippen LogP contribution in [0, 0.1) is 0 Å². The standard InChI is InChI=1S/C18H17NO3/c20-17(21)10-12-4-8-16(9-5-12)19-18(22)15-7-6-13-2-1-3-14(13)11-15/h4-9,11H,1-3,10H2,(H,19,22)(H,20,21). The number of carboxylic acid groups (broad SMARTS) is 1. The third-order valence-corrected chi connectivity index (χ3v) is 3.93. The molecule has 0 atom stereocenters. The van der Waals surface area contributed by atoms with Gasteiger partial charge in [0.15, 0.2) is 0 Å². The lowest BCUT2D eigenvalue weighted by Crippen LogP contribution is -2.12. The molecular formula is C18H17NO3. The second kappa shape index (κ2) is 6.02. The molecule has 0 saturated heterocycles. The number of hydrogen-bond donors (Lipinski definition) is 2. The first kappa shape index (κ1) is 14.3. The third-order valence-electron chi connectivity index (χ3n) is 3.93. The molecule has 112 valence electrons. The van der Waals surface area contributed by atoms with Gasteiger partial charge in [-0.05, 0) is 60.2 Å². The molecule has 0 aliphatic heterocycles. The van der Waals surface area contributed by atoms with Crippen molar-refractivity contribution in [2.45, 2.75) is 25.7 Å². The summed E-state index contributed by atoms with van der Waals surface area (Å²) in [5.41, 5.74) is 4.65. The molecular weight excluding hydrogens is 278 g/mol. The Morgan fingerprint density at radius 1 is 1.00 bits per heavy atom. The quantitative estimate of drug-likeness (QED) is 0.911. The molecule has 1 aliphatic carbocycles. The summed E-state index contributed by atoms with van der Waals surface area (Å²) in [6.07, 6.45) is 3.28. The zero-order chi connectivity index (χ0) is 15.5. The Morgan fingerprint density at radius 3 is 2.45 bits per heavy atom. The monoisotopic (exact) mass is 295 g/mol. The van der Waals surface area contributed by atoms with Gasteiger partial charge in [-0.15, -0.1) is 0 Å². The molecule has 0 radical (unpaired) electrons. The Bertz CT molecular complexity index is 720. The van der Waals surface area contributed by atoms with E-state index in [1.807, 2.05) is 18.2 Å². The predicted octanol–water partition coefficient (Wildman–Crippen LogP) is 3.05. The van der Waals surface area contributed by atoms with E-state index >= 15 is 0 Å². The van der Waals surface area contributed by atoms with E-state index in [0.717, 1.165) is 19.3 Å². The molecule has 3 rings (SSSR count). The first-order chi connectivity index (χ1) is 10.6. The Kier molecular flexibility index (Phi) is 3.92. The van der Waals surface area contributed by atoms with E-state index in [2.05, 4.69) is 5.32 Å². The molecule has 0 unspecified atom stereocenters. The summed E-state index contributed by atoms with van der Waals surface area (Å²) >= 11 is 0. The highest BCUT2D eigenvalue weighted by molar-refractivity contribution is 6.04. The summed E-state index contributed by atoms with van der Waals surface area (Å²) in [4.78, 5) is 22.9. The lowest BCUT2D eigenvalue weighted by Gasteiger charge is -2.08. The van der Waals surface area contributed by atoms with Crippen LogP contribution in [0.2, 0.25) is 0 Å². The van der Waals surface area contributed by atoms with Crippen molar-refractivity contribution < 1.29 is 14.7 Å². The molecule has 0 saturated carbocycles. The zero-order valence-corrected chi connectivity index (χ0v) is 12.1. The summed E-state index contributed by atoms with van der Waals surface area (Å²) in [6, 6.07) is 12.7. The minimum absolute atomic E-state index is 0.0148. The average molecular weight is 295 g/mol. The molecule has 0 spiro atoms. The molecule has 2 aromatic rings. The molecule has 22 heavy (non-hydrogen) atoms. The first-order valence-electron chi connectivity index (χ1n) is 7.36. The number of hydrogen-bond acceptors (Lipinski definition) is 2. The number of amides is 1. The number of aryl methyl sites for hydroxylation is 2. The Hall–Kier alpha value is -2.62. The SMILES string of the molecule is O=C(O)Cc1ccc(NC(=O)c2ccc3c(c2)CCC3)cc1. The molecule has 2 aromatic carbocycles. The topological polar surface area (TPSA) is 66.4 Å². The molecule has 0 bridgehead atoms. The number of benzene rings is 2. The predicted molar refractivity (Wildman–Crippen MR) is 84.2 cm³/mol. The Labute approximate surface area is 128 Å². The lowest BCUT2D eigenvalue weighted by molar-refractivity contribution is -0.136. The van der Waals surface area contributed by atoms with Crippen molar-refractivity contribution in [2.75, 3.05) is 5.32 Å². The Balaban J connectivity index is 1.70. The fourth-order valence-electron chi connectivity index (χ4n) is 2.80. The van der Waals surface area contributed by atoms with Crippen LogP contribution in [0.15, 0.2) is 42.5 Å². The second-order valence-corrected chi connectivity index (χ2v) is 5.56. The number of rotatable bonds is 4. The van der Waals surface area contributed by atoms with E-state index in [9.17, 15) is 9.59 Å². The van der Waals surface area contributed by atoms with E-state index < -0.39 is 5.97 Å². The van der Waals surface area contributed by atoms with Gasteiger partial charge < -0.3 is 10.4 Å². The molecule has 1 amide bonds. The fourth-order valence-corrected chi connectivity index (χ4v) is 2.80. The van der Waals surface area contributed by atoms with Gasteiger partial charge in [0.1, 0.15) is 0 Å². The highest BCUT2D eigenvalue weighted by atomic mass is 16.4. The smallest absolute Gasteiger partial charge is 0.307 e. The Morgan fingerprint density at radius 2 is 1.73 bits per heavy atom. The van der Waals surface area contributed by atoms with Crippen molar-refractivity contribution in [3.8, 4) is 0 Å². The summed E-state index contributed by atoms with van der Waals surface area (Å²) in [5.74, 6) is -1.00. The maximum absolute atomic E-state index is 12.3. The van der Waals surface area contributed by atoms with Crippen LogP contribution >= 0.6 is 0 Å². The van der Waals surface area contributed by atoms with E-state index in [4.69, 9.17) is 5.11 Å². The lowest BCUT2D eigenvalue weighted by atomic mass is 10.1. The average Bonchev–Trinajstić information content (AvgIpc) is 2.96. The number of carboxylic acids is 1. The number of anilines is 1. The first-order valence-corrected chi connectivity index (χ1v) is 7.36. The van der Waals surface area contributed by atoms with Gasteiger partial charge in [0, 0.05) is 11.3 Å². The normalized spacial score (nSPS) is 12.7. The van der Waals surface area contributed by atoms with Crippen LogP contribution < -0.4 is 5.32 Å². The van der Waals surface area contributed by atoms with Crippen molar-refractivity contribution >= 4 is 17.6 Å². The highest BCUT2D eigenvalue weighted by Crippen LogP contribution is 2.23. The number of aliphatic carboxylic acids is 1. The molecule has 2 N–H and O–H groups in total. The van der Waals surface area contributed by atoms with Gasteiger partial charge in [-0.3, -0.25) is 9.59 Å². The van der Waals surface area contributed by atoms with Gasteiger partial charge in [-0.1, -0.05) is 18.2 Å². The summed E-state index contributed by atoms with van der Waals surface area (Å²) in [6.45, 7) is 0. The van der Waals surface area contributed by atoms with Gasteiger partial charge in [-0.25, -0.2) is 0 Å². The number of carbonyl (C=O) groups is 2. The largest absolute Gasteiger partial charge is 0.481 e. The van der Waals surface area contributed by atoms with E-state index in [1.54, 1.807) is 24.3 Å². The molecule has 0 aromatic heterocycles. The van der Waals surface area contributed by atoms with Crippen LogP contribution in [0.3, 0.4) is 0 Å². The van der Waals surface area contributed by atoms with Crippen LogP contribution in [-0.4, -0.2) is 17.0 Å². The minimum atomic E-state index is -0.866. The minimum Gasteiger partial charge on any atom is -0.481 e. The number of nitrogens with one attached hydrogen (secondary N) is 1. The van der Waals surface area contributed by atoms with Crippen LogP contribution in [0.25, 0.3) is 0 Å². The molecule has 0 heterocycles. The van der Waals surface area contributed by atoms with E-state index in [0.29, 0.717) is 16.8 Å². The van der Waals surface area contributed by atoms with Gasteiger partial charge >= 0.3 is 5.97 Å². The zero-order valence-electron chi connectivity index (χ0n) is 12.1. The second-order valence-electron chi connectivity index (χ2n) is 5.56. The van der Waals surface area contributed by atoms with Crippen molar-refractivity contribution in [2.24, 2.45) is 0 Å². The maximum atomic E-state index is 12.3. The molecule has 0 fully saturated rings. The van der Waals surface area contributed by atoms with Crippen LogP contribution in [0.4, 0.5) is 5.69 Å². The van der Waals surface area contributed by atoms with Gasteiger partial charge in [0.05, 0.1) is 6.42 Å². The molecule has 4 nitrogen and oxygen atoms in total. The van der Waals surface area contributed by atoms with E-state index in [-0.39, 0.29) is 12.3 Å².